The standard InChI is InChI=1S/C16H24N2O/c1-5-18(6-2)12(4)16(19)13-7-8-15-14(10-13)9-11(3)17-15/h7-8,10-12,17H,5-6,9H2,1-4H3. The monoisotopic (exact) mass is 260 g/mol. The van der Waals surface area contributed by atoms with Gasteiger partial charge in [0.05, 0.1) is 6.04 Å². The van der Waals surface area contributed by atoms with Crippen molar-refractivity contribution in [3.63, 3.8) is 0 Å². The molecule has 0 radical (unpaired) electrons. The third-order valence-electron chi connectivity index (χ3n) is 4.06. The molecule has 0 saturated heterocycles. The minimum Gasteiger partial charge on any atom is -0.382 e. The number of ketones is 1. The van der Waals surface area contributed by atoms with Gasteiger partial charge < -0.3 is 5.32 Å². The highest BCUT2D eigenvalue weighted by atomic mass is 16.1. The maximum absolute atomic E-state index is 12.5. The van der Waals surface area contributed by atoms with Crippen LogP contribution in [0.15, 0.2) is 18.2 Å². The van der Waals surface area contributed by atoms with Gasteiger partial charge in [-0.15, -0.1) is 0 Å². The first kappa shape index (κ1) is 14.1. The van der Waals surface area contributed by atoms with Gasteiger partial charge in [-0.25, -0.2) is 0 Å². The lowest BCUT2D eigenvalue weighted by Crippen LogP contribution is -2.38. The minimum atomic E-state index is -0.0418. The molecular weight excluding hydrogens is 236 g/mol. The second kappa shape index (κ2) is 5.74. The van der Waals surface area contributed by atoms with Crippen molar-refractivity contribution in [2.24, 2.45) is 0 Å². The Morgan fingerprint density at radius 2 is 2.11 bits per heavy atom. The summed E-state index contributed by atoms with van der Waals surface area (Å²) in [5.41, 5.74) is 3.29. The van der Waals surface area contributed by atoms with Crippen molar-refractivity contribution >= 4 is 11.5 Å². The summed E-state index contributed by atoms with van der Waals surface area (Å²) >= 11 is 0. The van der Waals surface area contributed by atoms with Crippen LogP contribution >= 0.6 is 0 Å². The lowest BCUT2D eigenvalue weighted by Gasteiger charge is -2.25. The van der Waals surface area contributed by atoms with E-state index < -0.39 is 0 Å². The average molecular weight is 260 g/mol. The van der Waals surface area contributed by atoms with E-state index in [-0.39, 0.29) is 11.8 Å². The number of rotatable bonds is 5. The Balaban J connectivity index is 2.19. The Morgan fingerprint density at radius 1 is 1.42 bits per heavy atom. The SMILES string of the molecule is CCN(CC)C(C)C(=O)c1ccc2c(c1)CC(C)N2. The molecule has 0 aliphatic carbocycles. The molecule has 1 N–H and O–H groups in total. The molecule has 19 heavy (non-hydrogen) atoms. The van der Waals surface area contributed by atoms with Crippen LogP contribution in [0, 0.1) is 0 Å². The summed E-state index contributed by atoms with van der Waals surface area (Å²) in [7, 11) is 0. The molecule has 2 unspecified atom stereocenters. The van der Waals surface area contributed by atoms with Gasteiger partial charge in [-0.2, -0.15) is 0 Å². The number of nitrogens with one attached hydrogen (secondary N) is 1. The molecule has 1 aliphatic rings. The molecule has 2 rings (SSSR count). The Hall–Kier alpha value is -1.35. The summed E-state index contributed by atoms with van der Waals surface area (Å²) < 4.78 is 0. The zero-order valence-corrected chi connectivity index (χ0v) is 12.4. The highest BCUT2D eigenvalue weighted by Gasteiger charge is 2.23. The highest BCUT2D eigenvalue weighted by molar-refractivity contribution is 6.00. The first-order chi connectivity index (χ1) is 9.06. The summed E-state index contributed by atoms with van der Waals surface area (Å²) in [6.07, 6.45) is 1.01. The quantitative estimate of drug-likeness (QED) is 0.826. The van der Waals surface area contributed by atoms with E-state index in [0.29, 0.717) is 6.04 Å². The van der Waals surface area contributed by atoms with E-state index >= 15 is 0 Å². The van der Waals surface area contributed by atoms with E-state index in [4.69, 9.17) is 0 Å². The molecule has 0 saturated carbocycles. The molecule has 1 aromatic rings. The minimum absolute atomic E-state index is 0.0418. The molecular formula is C16H24N2O. The number of Topliss-reactive ketones (excluding diaryl/α,β-unsaturated/α-hetero) is 1. The van der Waals surface area contributed by atoms with Crippen LogP contribution in [0.25, 0.3) is 0 Å². The number of nitrogens with zero attached hydrogens (tertiary/aromatic N) is 1. The van der Waals surface area contributed by atoms with E-state index in [1.807, 2.05) is 19.1 Å². The summed E-state index contributed by atoms with van der Waals surface area (Å²) in [4.78, 5) is 14.7. The Morgan fingerprint density at radius 3 is 2.74 bits per heavy atom. The Kier molecular flexibility index (Phi) is 4.25. The number of benzene rings is 1. The number of hydrogen-bond donors (Lipinski definition) is 1. The lowest BCUT2D eigenvalue weighted by atomic mass is 10.00. The third-order valence-corrected chi connectivity index (χ3v) is 4.06. The molecule has 2 atom stereocenters. The van der Waals surface area contributed by atoms with Gasteiger partial charge in [0.1, 0.15) is 0 Å². The van der Waals surface area contributed by atoms with Crippen LogP contribution in [0.4, 0.5) is 5.69 Å². The predicted octanol–water partition coefficient (Wildman–Crippen LogP) is 2.96. The largest absolute Gasteiger partial charge is 0.382 e. The molecule has 0 aromatic heterocycles. The van der Waals surface area contributed by atoms with Crippen molar-refractivity contribution in [3.05, 3.63) is 29.3 Å². The molecule has 3 heteroatoms. The number of carbonyl (C=O) groups excluding carboxylic acids is 1. The first-order valence-electron chi connectivity index (χ1n) is 7.24. The first-order valence-corrected chi connectivity index (χ1v) is 7.24. The molecule has 1 aromatic carbocycles. The van der Waals surface area contributed by atoms with Gasteiger partial charge in [-0.3, -0.25) is 9.69 Å². The van der Waals surface area contributed by atoms with Crippen LogP contribution in [0.5, 0.6) is 0 Å². The predicted molar refractivity (Wildman–Crippen MR) is 79.9 cm³/mol. The van der Waals surface area contributed by atoms with E-state index in [1.165, 1.54) is 11.3 Å². The maximum atomic E-state index is 12.5. The zero-order chi connectivity index (χ0) is 14.0. The van der Waals surface area contributed by atoms with Gasteiger partial charge in [0.15, 0.2) is 5.78 Å². The maximum Gasteiger partial charge on any atom is 0.179 e. The fourth-order valence-corrected chi connectivity index (χ4v) is 2.88. The van der Waals surface area contributed by atoms with E-state index in [9.17, 15) is 4.79 Å². The molecule has 3 nitrogen and oxygen atoms in total. The van der Waals surface area contributed by atoms with Crippen molar-refractivity contribution in [1.82, 2.24) is 4.90 Å². The Labute approximate surface area is 116 Å². The molecule has 0 bridgehead atoms. The van der Waals surface area contributed by atoms with Crippen LogP contribution in [0.1, 0.15) is 43.6 Å². The van der Waals surface area contributed by atoms with Crippen molar-refractivity contribution < 1.29 is 4.79 Å². The topological polar surface area (TPSA) is 32.3 Å². The van der Waals surface area contributed by atoms with Gasteiger partial charge in [-0.1, -0.05) is 13.8 Å². The summed E-state index contributed by atoms with van der Waals surface area (Å²) in [5.74, 6) is 0.228. The van der Waals surface area contributed by atoms with Crippen molar-refractivity contribution in [1.29, 1.82) is 0 Å². The molecule has 0 amide bonds. The normalized spacial score (nSPS) is 19.1. The van der Waals surface area contributed by atoms with Crippen LogP contribution < -0.4 is 5.32 Å². The zero-order valence-electron chi connectivity index (χ0n) is 12.4. The Bertz CT molecular complexity index is 466. The number of likely N-dealkylation sites (N-methyl/N-ethyl adjacent to an activating group) is 1. The van der Waals surface area contributed by atoms with E-state index in [2.05, 4.69) is 37.1 Å². The molecule has 104 valence electrons. The second-order valence-corrected chi connectivity index (χ2v) is 5.38. The number of anilines is 1. The molecule has 0 spiro atoms. The number of carbonyl (C=O) groups is 1. The summed E-state index contributed by atoms with van der Waals surface area (Å²) in [6.45, 7) is 10.2. The highest BCUT2D eigenvalue weighted by Crippen LogP contribution is 2.27. The van der Waals surface area contributed by atoms with Gasteiger partial charge in [0.25, 0.3) is 0 Å². The third kappa shape index (κ3) is 2.81. The van der Waals surface area contributed by atoms with Crippen molar-refractivity contribution in [3.8, 4) is 0 Å². The van der Waals surface area contributed by atoms with Crippen LogP contribution in [-0.4, -0.2) is 35.9 Å². The smallest absolute Gasteiger partial charge is 0.179 e. The fraction of sp³-hybridized carbons (Fsp3) is 0.562. The van der Waals surface area contributed by atoms with Crippen LogP contribution in [0.2, 0.25) is 0 Å². The van der Waals surface area contributed by atoms with Crippen LogP contribution in [-0.2, 0) is 6.42 Å². The van der Waals surface area contributed by atoms with Crippen molar-refractivity contribution in [2.45, 2.75) is 46.2 Å². The van der Waals surface area contributed by atoms with Crippen LogP contribution in [0.3, 0.4) is 0 Å². The number of hydrogen-bond acceptors (Lipinski definition) is 3. The van der Waals surface area contributed by atoms with Gasteiger partial charge in [-0.05, 0) is 57.1 Å². The average Bonchev–Trinajstić information content (AvgIpc) is 2.78. The van der Waals surface area contributed by atoms with Gasteiger partial charge in [0, 0.05) is 17.3 Å². The van der Waals surface area contributed by atoms with E-state index in [0.717, 1.165) is 25.1 Å². The summed E-state index contributed by atoms with van der Waals surface area (Å²) in [6, 6.07) is 6.49. The molecule has 1 aliphatic heterocycles. The number of fused-ring (bicyclic) bond motifs is 1. The van der Waals surface area contributed by atoms with Crippen molar-refractivity contribution in [2.75, 3.05) is 18.4 Å². The molecule has 0 fully saturated rings. The van der Waals surface area contributed by atoms with Gasteiger partial charge in [0.2, 0.25) is 0 Å². The second-order valence-electron chi connectivity index (χ2n) is 5.38. The summed E-state index contributed by atoms with van der Waals surface area (Å²) in [5, 5.41) is 3.42. The van der Waals surface area contributed by atoms with E-state index in [1.54, 1.807) is 0 Å². The van der Waals surface area contributed by atoms with Gasteiger partial charge >= 0.3 is 0 Å². The molecule has 1 heterocycles. The lowest BCUT2D eigenvalue weighted by molar-refractivity contribution is 0.0851. The fourth-order valence-electron chi connectivity index (χ4n) is 2.88.